The Bertz CT molecular complexity index is 1130. The SMILES string of the molecule is COc1ccc(NC(=O)Cn2c(C)cc3nc4n(c(=O)c32)CCC4)cc1OC. The molecule has 0 radical (unpaired) electrons. The maximum Gasteiger partial charge on any atom is 0.278 e. The highest BCUT2D eigenvalue weighted by Crippen LogP contribution is 2.29. The molecular formula is C20H22N4O4. The lowest BCUT2D eigenvalue weighted by Crippen LogP contribution is -2.26. The Morgan fingerprint density at radius 3 is 2.75 bits per heavy atom. The Morgan fingerprint density at radius 1 is 1.21 bits per heavy atom. The summed E-state index contributed by atoms with van der Waals surface area (Å²) < 4.78 is 13.9. The number of hydrogen-bond acceptors (Lipinski definition) is 5. The Kier molecular flexibility index (Phi) is 4.54. The molecule has 0 unspecified atom stereocenters. The van der Waals surface area contributed by atoms with E-state index in [1.54, 1.807) is 34.4 Å². The minimum atomic E-state index is -0.238. The summed E-state index contributed by atoms with van der Waals surface area (Å²) in [6, 6.07) is 7.02. The second-order valence-electron chi connectivity index (χ2n) is 6.81. The molecule has 8 heteroatoms. The van der Waals surface area contributed by atoms with E-state index in [1.807, 2.05) is 13.0 Å². The molecule has 0 fully saturated rings. The summed E-state index contributed by atoms with van der Waals surface area (Å²) in [5.41, 5.74) is 2.46. The molecule has 8 nitrogen and oxygen atoms in total. The first-order valence-electron chi connectivity index (χ1n) is 9.13. The summed E-state index contributed by atoms with van der Waals surface area (Å²) in [6.07, 6.45) is 1.74. The Labute approximate surface area is 161 Å². The van der Waals surface area contributed by atoms with Crippen LogP contribution in [-0.4, -0.2) is 34.2 Å². The molecule has 0 spiro atoms. The van der Waals surface area contributed by atoms with Gasteiger partial charge in [0.1, 0.15) is 17.9 Å². The fraction of sp³-hybridized carbons (Fsp3) is 0.350. The Balaban J connectivity index is 1.63. The molecule has 146 valence electrons. The average molecular weight is 382 g/mol. The summed E-state index contributed by atoms with van der Waals surface area (Å²) in [6.45, 7) is 2.58. The van der Waals surface area contributed by atoms with Gasteiger partial charge in [-0.2, -0.15) is 0 Å². The number of carbonyl (C=O) groups excluding carboxylic acids is 1. The van der Waals surface area contributed by atoms with Gasteiger partial charge in [-0.3, -0.25) is 14.2 Å². The van der Waals surface area contributed by atoms with Crippen LogP contribution in [0.3, 0.4) is 0 Å². The third-order valence-corrected chi connectivity index (χ3v) is 5.04. The van der Waals surface area contributed by atoms with Crippen LogP contribution in [0, 0.1) is 6.92 Å². The van der Waals surface area contributed by atoms with Gasteiger partial charge < -0.3 is 19.4 Å². The second-order valence-corrected chi connectivity index (χ2v) is 6.81. The number of aryl methyl sites for hydroxylation is 2. The summed E-state index contributed by atoms with van der Waals surface area (Å²) in [7, 11) is 3.09. The smallest absolute Gasteiger partial charge is 0.278 e. The number of methoxy groups -OCH3 is 2. The van der Waals surface area contributed by atoms with E-state index < -0.39 is 0 Å². The van der Waals surface area contributed by atoms with Gasteiger partial charge in [-0.25, -0.2) is 4.98 Å². The van der Waals surface area contributed by atoms with Crippen molar-refractivity contribution in [2.75, 3.05) is 19.5 Å². The quantitative estimate of drug-likeness (QED) is 0.730. The van der Waals surface area contributed by atoms with Gasteiger partial charge in [0.25, 0.3) is 5.56 Å². The lowest BCUT2D eigenvalue weighted by atomic mass is 10.2. The fourth-order valence-electron chi connectivity index (χ4n) is 3.69. The molecule has 1 aliphatic heterocycles. The zero-order valence-electron chi connectivity index (χ0n) is 16.1. The predicted octanol–water partition coefficient (Wildman–Crippen LogP) is 2.11. The number of carbonyl (C=O) groups is 1. The molecule has 2 aromatic heterocycles. The average Bonchev–Trinajstić information content (AvgIpc) is 3.26. The maximum atomic E-state index is 12.9. The number of nitrogens with one attached hydrogen (secondary N) is 1. The number of amides is 1. The van der Waals surface area contributed by atoms with Crippen molar-refractivity contribution in [1.82, 2.24) is 14.1 Å². The number of rotatable bonds is 5. The van der Waals surface area contributed by atoms with Gasteiger partial charge in [0.15, 0.2) is 11.5 Å². The summed E-state index contributed by atoms with van der Waals surface area (Å²) in [5.74, 6) is 1.70. The van der Waals surface area contributed by atoms with Crippen LogP contribution in [0.4, 0.5) is 5.69 Å². The molecule has 4 rings (SSSR count). The van der Waals surface area contributed by atoms with E-state index in [0.717, 1.165) is 24.4 Å². The monoisotopic (exact) mass is 382 g/mol. The van der Waals surface area contributed by atoms with Crippen molar-refractivity contribution in [3.63, 3.8) is 0 Å². The van der Waals surface area contributed by atoms with Gasteiger partial charge in [0.2, 0.25) is 5.91 Å². The largest absolute Gasteiger partial charge is 0.493 e. The molecule has 0 saturated carbocycles. The van der Waals surface area contributed by atoms with E-state index in [-0.39, 0.29) is 18.0 Å². The van der Waals surface area contributed by atoms with E-state index in [4.69, 9.17) is 9.47 Å². The van der Waals surface area contributed by atoms with Crippen molar-refractivity contribution >= 4 is 22.6 Å². The van der Waals surface area contributed by atoms with Crippen molar-refractivity contribution in [2.45, 2.75) is 32.9 Å². The van der Waals surface area contributed by atoms with E-state index >= 15 is 0 Å². The maximum absolute atomic E-state index is 12.9. The third-order valence-electron chi connectivity index (χ3n) is 5.04. The molecule has 0 aliphatic carbocycles. The van der Waals surface area contributed by atoms with Crippen LogP contribution in [-0.2, 0) is 24.3 Å². The van der Waals surface area contributed by atoms with Gasteiger partial charge in [0.05, 0.1) is 19.7 Å². The van der Waals surface area contributed by atoms with Gasteiger partial charge in [0, 0.05) is 30.4 Å². The van der Waals surface area contributed by atoms with E-state index in [2.05, 4.69) is 10.3 Å². The number of anilines is 1. The summed E-state index contributed by atoms with van der Waals surface area (Å²) in [4.78, 5) is 30.1. The first-order valence-corrected chi connectivity index (χ1v) is 9.13. The highest BCUT2D eigenvalue weighted by molar-refractivity contribution is 5.92. The number of nitrogens with zero attached hydrogens (tertiary/aromatic N) is 3. The van der Waals surface area contributed by atoms with Crippen LogP contribution in [0.2, 0.25) is 0 Å². The first kappa shape index (κ1) is 18.1. The van der Waals surface area contributed by atoms with Crippen LogP contribution in [0.5, 0.6) is 11.5 Å². The molecule has 28 heavy (non-hydrogen) atoms. The number of aromatic nitrogens is 3. The lowest BCUT2D eigenvalue weighted by Gasteiger charge is -2.12. The van der Waals surface area contributed by atoms with Crippen LogP contribution in [0.25, 0.3) is 11.0 Å². The van der Waals surface area contributed by atoms with Crippen LogP contribution < -0.4 is 20.3 Å². The molecule has 3 heterocycles. The van der Waals surface area contributed by atoms with Crippen LogP contribution in [0.15, 0.2) is 29.1 Å². The van der Waals surface area contributed by atoms with Gasteiger partial charge in [-0.05, 0) is 31.5 Å². The van der Waals surface area contributed by atoms with Crippen molar-refractivity contribution in [3.8, 4) is 11.5 Å². The number of fused-ring (bicyclic) bond motifs is 2. The summed E-state index contributed by atoms with van der Waals surface area (Å²) >= 11 is 0. The molecule has 0 atom stereocenters. The number of benzene rings is 1. The lowest BCUT2D eigenvalue weighted by molar-refractivity contribution is -0.116. The van der Waals surface area contributed by atoms with Gasteiger partial charge >= 0.3 is 0 Å². The number of hydrogen-bond donors (Lipinski definition) is 1. The Hall–Kier alpha value is -3.29. The number of ether oxygens (including phenoxy) is 2. The Morgan fingerprint density at radius 2 is 2.00 bits per heavy atom. The van der Waals surface area contributed by atoms with Crippen molar-refractivity contribution in [3.05, 3.63) is 46.1 Å². The second kappa shape index (κ2) is 7.03. The molecule has 0 saturated heterocycles. The zero-order valence-corrected chi connectivity index (χ0v) is 16.1. The van der Waals surface area contributed by atoms with E-state index in [0.29, 0.717) is 34.8 Å². The van der Waals surface area contributed by atoms with E-state index in [9.17, 15) is 9.59 Å². The first-order chi connectivity index (χ1) is 13.5. The summed E-state index contributed by atoms with van der Waals surface area (Å²) in [5, 5.41) is 2.85. The highest BCUT2D eigenvalue weighted by atomic mass is 16.5. The molecule has 3 aromatic rings. The van der Waals surface area contributed by atoms with Crippen molar-refractivity contribution in [1.29, 1.82) is 0 Å². The fourth-order valence-corrected chi connectivity index (χ4v) is 3.69. The minimum Gasteiger partial charge on any atom is -0.493 e. The molecular weight excluding hydrogens is 360 g/mol. The molecule has 0 bridgehead atoms. The van der Waals surface area contributed by atoms with E-state index in [1.165, 1.54) is 7.11 Å². The van der Waals surface area contributed by atoms with Crippen LogP contribution >= 0.6 is 0 Å². The predicted molar refractivity (Wildman–Crippen MR) is 105 cm³/mol. The topological polar surface area (TPSA) is 87.4 Å². The molecule has 1 N–H and O–H groups in total. The molecule has 1 amide bonds. The normalized spacial score (nSPS) is 12.8. The zero-order chi connectivity index (χ0) is 19.8. The van der Waals surface area contributed by atoms with Gasteiger partial charge in [-0.1, -0.05) is 0 Å². The molecule has 1 aliphatic rings. The third kappa shape index (κ3) is 3.00. The highest BCUT2D eigenvalue weighted by Gasteiger charge is 2.20. The van der Waals surface area contributed by atoms with Gasteiger partial charge in [-0.15, -0.1) is 0 Å². The molecule has 1 aromatic carbocycles. The van der Waals surface area contributed by atoms with Crippen molar-refractivity contribution < 1.29 is 14.3 Å². The van der Waals surface area contributed by atoms with Crippen LogP contribution in [0.1, 0.15) is 17.9 Å². The minimum absolute atomic E-state index is 0.0277. The van der Waals surface area contributed by atoms with Crippen molar-refractivity contribution in [2.24, 2.45) is 0 Å². The standard InChI is InChI=1S/C20H22N4O4/c1-12-9-14-19(20(26)23-8-4-5-17(23)22-14)24(12)11-18(25)21-13-6-7-15(27-2)16(10-13)28-3/h6-7,9-10H,4-5,8,11H2,1-3H3,(H,21,25).